The molecule has 110 valence electrons. The maximum absolute atomic E-state index is 12.0. The van der Waals surface area contributed by atoms with E-state index in [9.17, 15) is 4.79 Å². The van der Waals surface area contributed by atoms with Gasteiger partial charge in [0.05, 0.1) is 6.61 Å². The summed E-state index contributed by atoms with van der Waals surface area (Å²) in [5, 5.41) is 11.8. The zero-order chi connectivity index (χ0) is 14.4. The molecule has 20 heavy (non-hydrogen) atoms. The zero-order valence-electron chi connectivity index (χ0n) is 12.0. The summed E-state index contributed by atoms with van der Waals surface area (Å²) >= 11 is 0. The molecule has 1 heterocycles. The van der Waals surface area contributed by atoms with E-state index in [4.69, 9.17) is 5.11 Å². The van der Waals surface area contributed by atoms with Crippen LogP contribution in [0.5, 0.6) is 0 Å². The Morgan fingerprint density at radius 1 is 1.20 bits per heavy atom. The molecule has 1 saturated heterocycles. The molecule has 1 aliphatic rings. The van der Waals surface area contributed by atoms with Crippen LogP contribution in [0.3, 0.4) is 0 Å². The lowest BCUT2D eigenvalue weighted by Gasteiger charge is -2.34. The second-order valence-electron chi connectivity index (χ2n) is 5.20. The van der Waals surface area contributed by atoms with Gasteiger partial charge in [-0.1, -0.05) is 29.8 Å². The second-order valence-corrected chi connectivity index (χ2v) is 5.20. The van der Waals surface area contributed by atoms with E-state index in [-0.39, 0.29) is 12.6 Å². The van der Waals surface area contributed by atoms with Crippen molar-refractivity contribution in [1.29, 1.82) is 0 Å². The lowest BCUT2D eigenvalue weighted by atomic mass is 10.1. The quantitative estimate of drug-likeness (QED) is 0.856. The van der Waals surface area contributed by atoms with Gasteiger partial charge in [-0.05, 0) is 12.5 Å². The molecule has 5 nitrogen and oxygen atoms in total. The first kappa shape index (κ1) is 14.8. The molecule has 0 atom stereocenters. The van der Waals surface area contributed by atoms with Crippen LogP contribution in [0.1, 0.15) is 11.1 Å². The third-order valence-electron chi connectivity index (χ3n) is 3.64. The van der Waals surface area contributed by atoms with Crippen molar-refractivity contribution in [2.75, 3.05) is 39.3 Å². The van der Waals surface area contributed by atoms with Crippen molar-refractivity contribution in [2.45, 2.75) is 13.5 Å². The third kappa shape index (κ3) is 4.21. The van der Waals surface area contributed by atoms with Gasteiger partial charge in [0.2, 0.25) is 0 Å². The number of aryl methyl sites for hydroxylation is 1. The first-order valence-corrected chi connectivity index (χ1v) is 7.10. The number of piperazine rings is 1. The number of carbonyl (C=O) groups is 1. The van der Waals surface area contributed by atoms with E-state index in [2.05, 4.69) is 22.3 Å². The van der Waals surface area contributed by atoms with E-state index in [1.807, 2.05) is 24.0 Å². The predicted octanol–water partition coefficient (Wildman–Crippen LogP) is 0.815. The Morgan fingerprint density at radius 3 is 2.45 bits per heavy atom. The maximum atomic E-state index is 12.0. The summed E-state index contributed by atoms with van der Waals surface area (Å²) < 4.78 is 0. The highest BCUT2D eigenvalue weighted by atomic mass is 16.3. The second kappa shape index (κ2) is 7.26. The molecule has 0 unspecified atom stereocenters. The highest BCUT2D eigenvalue weighted by Crippen LogP contribution is 2.04. The summed E-state index contributed by atoms with van der Waals surface area (Å²) in [6.45, 7) is 6.60. The Bertz CT molecular complexity index is 425. The molecular formula is C15H23N3O2. The molecule has 2 amide bonds. The molecule has 0 saturated carbocycles. The van der Waals surface area contributed by atoms with Gasteiger partial charge in [-0.15, -0.1) is 0 Å². The first-order valence-electron chi connectivity index (χ1n) is 7.10. The molecule has 0 spiro atoms. The van der Waals surface area contributed by atoms with Crippen molar-refractivity contribution in [3.8, 4) is 0 Å². The summed E-state index contributed by atoms with van der Waals surface area (Å²) in [6, 6.07) is 8.17. The summed E-state index contributed by atoms with van der Waals surface area (Å²) in [6.07, 6.45) is 0. The van der Waals surface area contributed by atoms with E-state index in [1.54, 1.807) is 0 Å². The summed E-state index contributed by atoms with van der Waals surface area (Å²) in [5.74, 6) is 0. The Kier molecular flexibility index (Phi) is 5.38. The lowest BCUT2D eigenvalue weighted by Crippen LogP contribution is -2.52. The van der Waals surface area contributed by atoms with E-state index < -0.39 is 0 Å². The van der Waals surface area contributed by atoms with Crippen LogP contribution >= 0.6 is 0 Å². The Morgan fingerprint density at radius 2 is 1.85 bits per heavy atom. The maximum Gasteiger partial charge on any atom is 0.317 e. The van der Waals surface area contributed by atoms with Gasteiger partial charge < -0.3 is 15.3 Å². The van der Waals surface area contributed by atoms with E-state index in [1.165, 1.54) is 5.56 Å². The lowest BCUT2D eigenvalue weighted by molar-refractivity contribution is 0.122. The van der Waals surface area contributed by atoms with Crippen molar-refractivity contribution >= 4 is 6.03 Å². The Hall–Kier alpha value is -1.59. The number of nitrogens with zero attached hydrogens (tertiary/aromatic N) is 2. The van der Waals surface area contributed by atoms with Crippen molar-refractivity contribution in [2.24, 2.45) is 0 Å². The minimum Gasteiger partial charge on any atom is -0.395 e. The van der Waals surface area contributed by atoms with Gasteiger partial charge in [0.1, 0.15) is 0 Å². The number of urea groups is 1. The first-order chi connectivity index (χ1) is 9.69. The summed E-state index contributed by atoms with van der Waals surface area (Å²) in [5.41, 5.74) is 2.34. The van der Waals surface area contributed by atoms with Crippen LogP contribution in [0.2, 0.25) is 0 Å². The number of amides is 2. The van der Waals surface area contributed by atoms with Gasteiger partial charge in [0, 0.05) is 39.3 Å². The van der Waals surface area contributed by atoms with E-state index in [0.29, 0.717) is 13.1 Å². The van der Waals surface area contributed by atoms with Crippen LogP contribution in [0, 0.1) is 6.92 Å². The van der Waals surface area contributed by atoms with E-state index in [0.717, 1.165) is 31.7 Å². The number of hydrogen-bond acceptors (Lipinski definition) is 3. The van der Waals surface area contributed by atoms with Crippen LogP contribution in [0.15, 0.2) is 24.3 Å². The number of nitrogens with one attached hydrogen (secondary N) is 1. The summed E-state index contributed by atoms with van der Waals surface area (Å²) in [4.78, 5) is 16.1. The normalized spacial score (nSPS) is 16.2. The minimum absolute atomic E-state index is 0.00535. The molecule has 2 N–H and O–H groups in total. The molecule has 5 heteroatoms. The third-order valence-corrected chi connectivity index (χ3v) is 3.64. The van der Waals surface area contributed by atoms with Crippen molar-refractivity contribution < 1.29 is 9.90 Å². The fourth-order valence-electron chi connectivity index (χ4n) is 2.31. The number of rotatable bonds is 4. The van der Waals surface area contributed by atoms with Gasteiger partial charge >= 0.3 is 6.03 Å². The largest absolute Gasteiger partial charge is 0.395 e. The van der Waals surface area contributed by atoms with Gasteiger partial charge in [0.15, 0.2) is 0 Å². The van der Waals surface area contributed by atoms with Gasteiger partial charge in [-0.3, -0.25) is 4.90 Å². The zero-order valence-corrected chi connectivity index (χ0v) is 12.0. The molecule has 1 aromatic carbocycles. The number of benzene rings is 1. The Labute approximate surface area is 120 Å². The average Bonchev–Trinajstić information content (AvgIpc) is 2.47. The predicted molar refractivity (Wildman–Crippen MR) is 78.5 cm³/mol. The molecule has 0 radical (unpaired) electrons. The minimum atomic E-state index is -0.00535. The monoisotopic (exact) mass is 277 g/mol. The molecule has 0 bridgehead atoms. The standard InChI is InChI=1S/C15H23N3O2/c1-13-2-4-14(5-3-13)12-16-15(20)18-8-6-17(7-9-18)10-11-19/h2-5,19H,6-12H2,1H3,(H,16,20). The molecule has 0 aliphatic carbocycles. The van der Waals surface area contributed by atoms with Crippen LogP contribution < -0.4 is 5.32 Å². The molecule has 2 rings (SSSR count). The van der Waals surface area contributed by atoms with E-state index >= 15 is 0 Å². The molecule has 1 aliphatic heterocycles. The van der Waals surface area contributed by atoms with Crippen LogP contribution in [0.4, 0.5) is 4.79 Å². The number of aliphatic hydroxyl groups is 1. The van der Waals surface area contributed by atoms with Gasteiger partial charge in [-0.2, -0.15) is 0 Å². The molecule has 0 aromatic heterocycles. The fraction of sp³-hybridized carbons (Fsp3) is 0.533. The van der Waals surface area contributed by atoms with Gasteiger partial charge in [-0.25, -0.2) is 4.79 Å². The van der Waals surface area contributed by atoms with Gasteiger partial charge in [0.25, 0.3) is 0 Å². The Balaban J connectivity index is 1.74. The average molecular weight is 277 g/mol. The molecule has 1 fully saturated rings. The number of β-amino-alcohol motifs (C(OH)–C–C–N with tert-alkyl or cyclic N) is 1. The highest BCUT2D eigenvalue weighted by Gasteiger charge is 2.20. The smallest absolute Gasteiger partial charge is 0.317 e. The molecular weight excluding hydrogens is 254 g/mol. The molecule has 1 aromatic rings. The van der Waals surface area contributed by atoms with Crippen molar-refractivity contribution in [3.63, 3.8) is 0 Å². The number of hydrogen-bond donors (Lipinski definition) is 2. The fourth-order valence-corrected chi connectivity index (χ4v) is 2.31. The topological polar surface area (TPSA) is 55.8 Å². The van der Waals surface area contributed by atoms with Crippen LogP contribution in [-0.4, -0.2) is 60.3 Å². The van der Waals surface area contributed by atoms with Crippen LogP contribution in [0.25, 0.3) is 0 Å². The van der Waals surface area contributed by atoms with Crippen LogP contribution in [-0.2, 0) is 6.54 Å². The SMILES string of the molecule is Cc1ccc(CNC(=O)N2CCN(CCO)CC2)cc1. The highest BCUT2D eigenvalue weighted by molar-refractivity contribution is 5.74. The summed E-state index contributed by atoms with van der Waals surface area (Å²) in [7, 11) is 0. The number of carbonyl (C=O) groups excluding carboxylic acids is 1. The number of aliphatic hydroxyl groups excluding tert-OH is 1. The van der Waals surface area contributed by atoms with Crippen molar-refractivity contribution in [3.05, 3.63) is 35.4 Å². The van der Waals surface area contributed by atoms with Crippen molar-refractivity contribution in [1.82, 2.24) is 15.1 Å².